The van der Waals surface area contributed by atoms with Gasteiger partial charge >= 0.3 is 5.91 Å². The summed E-state index contributed by atoms with van der Waals surface area (Å²) in [6.45, 7) is 0. The number of methoxy groups -OCH3 is 1. The molecule has 160 valence electrons. The summed E-state index contributed by atoms with van der Waals surface area (Å²) >= 11 is 0. The summed E-state index contributed by atoms with van der Waals surface area (Å²) in [6.07, 6.45) is 2.91. The number of furan rings is 1. The number of nitrogens with one attached hydrogen (secondary N) is 1. The van der Waals surface area contributed by atoms with Crippen molar-refractivity contribution in [2.75, 3.05) is 18.1 Å². The number of rotatable bonds is 6. The molecule has 0 radical (unpaired) electrons. The lowest BCUT2D eigenvalue weighted by molar-refractivity contribution is 0.0678. The Labute approximate surface area is 180 Å². The molecule has 1 aliphatic rings. The molecule has 0 aliphatic carbocycles. The van der Waals surface area contributed by atoms with E-state index in [4.69, 9.17) is 9.15 Å². The zero-order chi connectivity index (χ0) is 22.0. The van der Waals surface area contributed by atoms with Gasteiger partial charge in [-0.1, -0.05) is 30.3 Å². The predicted molar refractivity (Wildman–Crippen MR) is 117 cm³/mol. The standard InChI is InChI=1S/C22H21N3O5S/c1-29-16-8-5-7-15(13-16)20-14-19(23-25(20)22(26)21-11-6-12-30-21)17-9-3-4-10-18(17)24-31(2,27)28/h3-13,20,24H,14H2,1-2H3/t20-/m1/s1. The van der Waals surface area contributed by atoms with E-state index in [1.165, 1.54) is 11.3 Å². The highest BCUT2D eigenvalue weighted by Crippen LogP contribution is 2.36. The van der Waals surface area contributed by atoms with Crippen molar-refractivity contribution in [3.8, 4) is 5.75 Å². The Morgan fingerprint density at radius 2 is 1.97 bits per heavy atom. The fourth-order valence-corrected chi connectivity index (χ4v) is 4.08. The quantitative estimate of drug-likeness (QED) is 0.632. The molecule has 1 N–H and O–H groups in total. The van der Waals surface area contributed by atoms with Crippen LogP contribution in [0.15, 0.2) is 76.4 Å². The molecule has 8 nitrogen and oxygen atoms in total. The first-order chi connectivity index (χ1) is 14.9. The number of nitrogens with zero attached hydrogens (tertiary/aromatic N) is 2. The molecule has 9 heteroatoms. The van der Waals surface area contributed by atoms with E-state index >= 15 is 0 Å². The number of anilines is 1. The summed E-state index contributed by atoms with van der Waals surface area (Å²) in [5.41, 5.74) is 2.43. The minimum Gasteiger partial charge on any atom is -0.497 e. The van der Waals surface area contributed by atoms with Crippen LogP contribution in [-0.4, -0.2) is 38.4 Å². The van der Waals surface area contributed by atoms with E-state index < -0.39 is 16.1 Å². The zero-order valence-electron chi connectivity index (χ0n) is 17.0. The molecule has 0 spiro atoms. The van der Waals surface area contributed by atoms with E-state index in [1.807, 2.05) is 24.3 Å². The van der Waals surface area contributed by atoms with E-state index in [0.29, 0.717) is 29.1 Å². The molecule has 1 aliphatic heterocycles. The maximum atomic E-state index is 13.1. The zero-order valence-corrected chi connectivity index (χ0v) is 17.8. The van der Waals surface area contributed by atoms with Gasteiger partial charge in [0.25, 0.3) is 0 Å². The molecule has 0 unspecified atom stereocenters. The molecule has 31 heavy (non-hydrogen) atoms. The van der Waals surface area contributed by atoms with Crippen LogP contribution < -0.4 is 9.46 Å². The third-order valence-electron chi connectivity index (χ3n) is 4.86. The highest BCUT2D eigenvalue weighted by molar-refractivity contribution is 7.92. The molecule has 0 bridgehead atoms. The topological polar surface area (TPSA) is 101 Å². The van der Waals surface area contributed by atoms with Crippen molar-refractivity contribution >= 4 is 27.3 Å². The van der Waals surface area contributed by atoms with E-state index in [1.54, 1.807) is 43.5 Å². The van der Waals surface area contributed by atoms with Crippen molar-refractivity contribution in [1.29, 1.82) is 0 Å². The average Bonchev–Trinajstić information content (AvgIpc) is 3.43. The second-order valence-electron chi connectivity index (χ2n) is 7.09. The summed E-state index contributed by atoms with van der Waals surface area (Å²) in [7, 11) is -1.91. The molecule has 4 rings (SSSR count). The lowest BCUT2D eigenvalue weighted by atomic mass is 9.97. The average molecular weight is 439 g/mol. The monoisotopic (exact) mass is 439 g/mol. The van der Waals surface area contributed by atoms with E-state index in [2.05, 4.69) is 9.82 Å². The smallest absolute Gasteiger partial charge is 0.310 e. The Hall–Kier alpha value is -3.59. The normalized spacial score (nSPS) is 16.1. The number of amides is 1. The summed E-state index contributed by atoms with van der Waals surface area (Å²) in [6, 6.07) is 17.2. The molecule has 1 amide bonds. The van der Waals surface area contributed by atoms with Crippen molar-refractivity contribution in [2.45, 2.75) is 12.5 Å². The first-order valence-corrected chi connectivity index (χ1v) is 11.4. The highest BCUT2D eigenvalue weighted by atomic mass is 32.2. The highest BCUT2D eigenvalue weighted by Gasteiger charge is 2.35. The first kappa shape index (κ1) is 20.7. The van der Waals surface area contributed by atoms with Crippen molar-refractivity contribution in [2.24, 2.45) is 5.10 Å². The molecule has 0 fully saturated rings. The van der Waals surface area contributed by atoms with Gasteiger partial charge in [-0.05, 0) is 35.9 Å². The van der Waals surface area contributed by atoms with Gasteiger partial charge in [-0.15, -0.1) is 0 Å². The summed E-state index contributed by atoms with van der Waals surface area (Å²) in [4.78, 5) is 13.1. The molecular formula is C22H21N3O5S. The molecule has 1 aromatic heterocycles. The van der Waals surface area contributed by atoms with Crippen molar-refractivity contribution < 1.29 is 22.4 Å². The molecule has 1 atom stereocenters. The van der Waals surface area contributed by atoms with E-state index in [9.17, 15) is 13.2 Å². The largest absolute Gasteiger partial charge is 0.497 e. The molecule has 0 saturated heterocycles. The lowest BCUT2D eigenvalue weighted by Crippen LogP contribution is -2.26. The van der Waals surface area contributed by atoms with Crippen LogP contribution in [0.2, 0.25) is 0 Å². The van der Waals surface area contributed by atoms with Gasteiger partial charge < -0.3 is 9.15 Å². The maximum absolute atomic E-state index is 13.1. The van der Waals surface area contributed by atoms with Gasteiger partial charge in [0.1, 0.15) is 5.75 Å². The Morgan fingerprint density at radius 1 is 1.16 bits per heavy atom. The summed E-state index contributed by atoms with van der Waals surface area (Å²) in [5, 5.41) is 5.96. The van der Waals surface area contributed by atoms with Gasteiger partial charge in [-0.25, -0.2) is 13.4 Å². The molecule has 0 saturated carbocycles. The van der Waals surface area contributed by atoms with Gasteiger partial charge in [0, 0.05) is 12.0 Å². The SMILES string of the molecule is COc1cccc([C@H]2CC(c3ccccc3NS(C)(=O)=O)=NN2C(=O)c2ccco2)c1. The minimum absolute atomic E-state index is 0.167. The van der Waals surface area contributed by atoms with Crippen LogP contribution >= 0.6 is 0 Å². The number of hydrogen-bond donors (Lipinski definition) is 1. The third kappa shape index (κ3) is 4.46. The summed E-state index contributed by atoms with van der Waals surface area (Å²) in [5.74, 6) is 0.442. The van der Waals surface area contributed by atoms with Gasteiger partial charge in [0.2, 0.25) is 10.0 Å². The number of benzene rings is 2. The minimum atomic E-state index is -3.49. The van der Waals surface area contributed by atoms with Crippen LogP contribution in [0.4, 0.5) is 5.69 Å². The Kier molecular flexibility index (Phi) is 5.51. The Bertz CT molecular complexity index is 1240. The molecule has 2 heterocycles. The fraction of sp³-hybridized carbons (Fsp3) is 0.182. The molecular weight excluding hydrogens is 418 g/mol. The van der Waals surface area contributed by atoms with Crippen molar-refractivity contribution in [3.05, 3.63) is 83.8 Å². The number of carbonyl (C=O) groups is 1. The lowest BCUT2D eigenvalue weighted by Gasteiger charge is -2.21. The third-order valence-corrected chi connectivity index (χ3v) is 5.45. The number of hydrogen-bond acceptors (Lipinski definition) is 6. The predicted octanol–water partition coefficient (Wildman–Crippen LogP) is 3.65. The number of hydrazone groups is 1. The number of carbonyl (C=O) groups excluding carboxylic acids is 1. The fourth-order valence-electron chi connectivity index (χ4n) is 3.51. The van der Waals surface area contributed by atoms with Crippen LogP contribution in [0, 0.1) is 0 Å². The van der Waals surface area contributed by atoms with E-state index in [0.717, 1.165) is 11.8 Å². The second kappa shape index (κ2) is 8.27. The molecule has 2 aromatic carbocycles. The van der Waals surface area contributed by atoms with E-state index in [-0.39, 0.29) is 11.7 Å². The van der Waals surface area contributed by atoms with Crippen molar-refractivity contribution in [1.82, 2.24) is 5.01 Å². The second-order valence-corrected chi connectivity index (χ2v) is 8.84. The van der Waals surface area contributed by atoms with Crippen LogP contribution in [0.1, 0.15) is 34.1 Å². The Morgan fingerprint density at radius 3 is 2.68 bits per heavy atom. The van der Waals surface area contributed by atoms with Crippen LogP contribution in [0.5, 0.6) is 5.75 Å². The van der Waals surface area contributed by atoms with Gasteiger partial charge in [0.05, 0.1) is 37.1 Å². The molecule has 3 aromatic rings. The maximum Gasteiger partial charge on any atom is 0.310 e. The summed E-state index contributed by atoms with van der Waals surface area (Å²) < 4.78 is 36.8. The number of sulfonamides is 1. The van der Waals surface area contributed by atoms with Crippen molar-refractivity contribution in [3.63, 3.8) is 0 Å². The number of ether oxygens (including phenoxy) is 1. The van der Waals surface area contributed by atoms with Crippen LogP contribution in [0.25, 0.3) is 0 Å². The van der Waals surface area contributed by atoms with Gasteiger partial charge in [0.15, 0.2) is 5.76 Å². The van der Waals surface area contributed by atoms with Gasteiger partial charge in [-0.2, -0.15) is 5.10 Å². The van der Waals surface area contributed by atoms with Gasteiger partial charge in [-0.3, -0.25) is 9.52 Å². The Balaban J connectivity index is 1.77. The first-order valence-electron chi connectivity index (χ1n) is 9.51. The van der Waals surface area contributed by atoms with Crippen LogP contribution in [-0.2, 0) is 10.0 Å². The van der Waals surface area contributed by atoms with Crippen LogP contribution in [0.3, 0.4) is 0 Å². The number of para-hydroxylation sites is 1.